The third kappa shape index (κ3) is 8.69. The van der Waals surface area contributed by atoms with Crippen LogP contribution in [0.3, 0.4) is 0 Å². The van der Waals surface area contributed by atoms with Gasteiger partial charge in [-0.05, 0) is 43.0 Å². The third-order valence-corrected chi connectivity index (χ3v) is 5.27. The Balaban J connectivity index is 1.46. The molecule has 0 aliphatic carbocycles. The average molecular weight is 481 g/mol. The highest BCUT2D eigenvalue weighted by molar-refractivity contribution is 5.98. The number of aromatic nitrogens is 1. The maximum atomic E-state index is 13.0. The molecule has 2 N–H and O–H groups in total. The predicted octanol–water partition coefficient (Wildman–Crippen LogP) is 3.30. The lowest BCUT2D eigenvalue weighted by molar-refractivity contribution is -0.124. The van der Waals surface area contributed by atoms with Gasteiger partial charge in [0.2, 0.25) is 17.7 Å². The van der Waals surface area contributed by atoms with E-state index in [0.717, 1.165) is 11.1 Å². The van der Waals surface area contributed by atoms with Crippen LogP contribution in [0.4, 0.5) is 10.2 Å². The number of carbonyl (C=O) groups excluding carboxylic acids is 3. The standard InChI is InChI=1S/C26H29FN4O4/c1-19-16-23(30-35-19)31(18-25(33)28-15-14-20-6-3-2-4-7-20)26(34)9-5-8-24(32)29-17-21-10-12-22(27)13-11-21/h2-4,6-7,10-13,16H,5,8-9,14-15,17-18H2,1H3,(H,28,33)(H,29,32). The number of amides is 3. The molecule has 0 aliphatic rings. The first-order valence-corrected chi connectivity index (χ1v) is 11.5. The van der Waals surface area contributed by atoms with Gasteiger partial charge in [-0.1, -0.05) is 47.6 Å². The lowest BCUT2D eigenvalue weighted by Gasteiger charge is -2.19. The molecular formula is C26H29FN4O4. The van der Waals surface area contributed by atoms with Gasteiger partial charge in [0, 0.05) is 32.0 Å². The summed E-state index contributed by atoms with van der Waals surface area (Å²) in [5, 5.41) is 9.45. The van der Waals surface area contributed by atoms with E-state index >= 15 is 0 Å². The van der Waals surface area contributed by atoms with Gasteiger partial charge in [-0.3, -0.25) is 19.3 Å². The van der Waals surface area contributed by atoms with E-state index in [1.54, 1.807) is 25.1 Å². The van der Waals surface area contributed by atoms with Gasteiger partial charge in [-0.25, -0.2) is 4.39 Å². The molecule has 1 aromatic heterocycles. The molecule has 3 rings (SSSR count). The number of carbonyl (C=O) groups is 3. The van der Waals surface area contributed by atoms with Crippen LogP contribution in [0.2, 0.25) is 0 Å². The molecule has 0 saturated carbocycles. The largest absolute Gasteiger partial charge is 0.360 e. The fraction of sp³-hybridized carbons (Fsp3) is 0.308. The van der Waals surface area contributed by atoms with Crippen molar-refractivity contribution in [3.63, 3.8) is 0 Å². The first-order chi connectivity index (χ1) is 16.9. The summed E-state index contributed by atoms with van der Waals surface area (Å²) in [6.45, 7) is 2.22. The molecule has 2 aromatic carbocycles. The molecule has 0 aliphatic heterocycles. The van der Waals surface area contributed by atoms with Crippen LogP contribution in [-0.2, 0) is 27.3 Å². The van der Waals surface area contributed by atoms with Gasteiger partial charge in [0.15, 0.2) is 5.82 Å². The second-order valence-corrected chi connectivity index (χ2v) is 8.12. The lowest BCUT2D eigenvalue weighted by atomic mass is 10.1. The quantitative estimate of drug-likeness (QED) is 0.414. The zero-order valence-corrected chi connectivity index (χ0v) is 19.6. The molecule has 0 saturated heterocycles. The molecule has 0 unspecified atom stereocenters. The van der Waals surface area contributed by atoms with Crippen molar-refractivity contribution in [2.75, 3.05) is 18.0 Å². The van der Waals surface area contributed by atoms with Gasteiger partial charge < -0.3 is 15.2 Å². The van der Waals surface area contributed by atoms with Crippen LogP contribution in [0.5, 0.6) is 0 Å². The molecule has 0 bridgehead atoms. The van der Waals surface area contributed by atoms with Crippen molar-refractivity contribution < 1.29 is 23.3 Å². The molecule has 0 spiro atoms. The molecule has 9 heteroatoms. The molecule has 8 nitrogen and oxygen atoms in total. The summed E-state index contributed by atoms with van der Waals surface area (Å²) in [7, 11) is 0. The number of hydrogen-bond donors (Lipinski definition) is 2. The summed E-state index contributed by atoms with van der Waals surface area (Å²) in [4.78, 5) is 38.8. The van der Waals surface area contributed by atoms with E-state index in [4.69, 9.17) is 4.52 Å². The van der Waals surface area contributed by atoms with Crippen molar-refractivity contribution in [1.82, 2.24) is 15.8 Å². The Bertz CT molecular complexity index is 1120. The van der Waals surface area contributed by atoms with Crippen LogP contribution in [0, 0.1) is 12.7 Å². The van der Waals surface area contributed by atoms with Crippen LogP contribution < -0.4 is 15.5 Å². The van der Waals surface area contributed by atoms with E-state index in [0.29, 0.717) is 25.1 Å². The first kappa shape index (κ1) is 25.6. The number of nitrogens with zero attached hydrogens (tertiary/aromatic N) is 2. The zero-order chi connectivity index (χ0) is 25.0. The Morgan fingerprint density at radius 2 is 1.69 bits per heavy atom. The fourth-order valence-corrected chi connectivity index (χ4v) is 3.39. The van der Waals surface area contributed by atoms with E-state index in [1.807, 2.05) is 30.3 Å². The van der Waals surface area contributed by atoms with Gasteiger partial charge in [0.25, 0.3) is 0 Å². The van der Waals surface area contributed by atoms with Crippen molar-refractivity contribution in [3.8, 4) is 0 Å². The van der Waals surface area contributed by atoms with Gasteiger partial charge >= 0.3 is 0 Å². The number of anilines is 1. The van der Waals surface area contributed by atoms with Gasteiger partial charge in [-0.15, -0.1) is 0 Å². The normalized spacial score (nSPS) is 10.6. The molecular weight excluding hydrogens is 451 g/mol. The molecule has 0 radical (unpaired) electrons. The Morgan fingerprint density at radius 3 is 2.37 bits per heavy atom. The Labute approximate surface area is 203 Å². The summed E-state index contributed by atoms with van der Waals surface area (Å²) in [6.07, 6.45) is 1.18. The summed E-state index contributed by atoms with van der Waals surface area (Å²) in [5.74, 6) is -0.427. The summed E-state index contributed by atoms with van der Waals surface area (Å²) < 4.78 is 18.0. The summed E-state index contributed by atoms with van der Waals surface area (Å²) >= 11 is 0. The highest BCUT2D eigenvalue weighted by Crippen LogP contribution is 2.16. The number of aryl methyl sites for hydroxylation is 1. The van der Waals surface area contributed by atoms with E-state index in [9.17, 15) is 18.8 Å². The summed E-state index contributed by atoms with van der Waals surface area (Å²) in [5.41, 5.74) is 1.88. The fourth-order valence-electron chi connectivity index (χ4n) is 3.39. The van der Waals surface area contributed by atoms with Crippen molar-refractivity contribution in [2.45, 2.75) is 39.2 Å². The SMILES string of the molecule is Cc1cc(N(CC(=O)NCCc2ccccc2)C(=O)CCCC(=O)NCc2ccc(F)cc2)no1. The van der Waals surface area contributed by atoms with Crippen LogP contribution in [0.1, 0.15) is 36.1 Å². The zero-order valence-electron chi connectivity index (χ0n) is 19.6. The number of rotatable bonds is 12. The molecule has 3 aromatic rings. The van der Waals surface area contributed by atoms with Gasteiger partial charge in [-0.2, -0.15) is 0 Å². The van der Waals surface area contributed by atoms with E-state index in [1.165, 1.54) is 17.0 Å². The van der Waals surface area contributed by atoms with E-state index < -0.39 is 0 Å². The Hall–Kier alpha value is -4.01. The van der Waals surface area contributed by atoms with Crippen LogP contribution >= 0.6 is 0 Å². The number of hydrogen-bond acceptors (Lipinski definition) is 5. The molecule has 3 amide bonds. The number of benzene rings is 2. The molecule has 0 atom stereocenters. The minimum atomic E-state index is -0.338. The second-order valence-electron chi connectivity index (χ2n) is 8.12. The van der Waals surface area contributed by atoms with Gasteiger partial charge in [0.1, 0.15) is 18.1 Å². The predicted molar refractivity (Wildman–Crippen MR) is 129 cm³/mol. The lowest BCUT2D eigenvalue weighted by Crippen LogP contribution is -2.41. The van der Waals surface area contributed by atoms with E-state index in [-0.39, 0.29) is 55.3 Å². The maximum Gasteiger partial charge on any atom is 0.240 e. The van der Waals surface area contributed by atoms with Crippen LogP contribution in [-0.4, -0.2) is 36.0 Å². The van der Waals surface area contributed by atoms with Crippen molar-refractivity contribution in [2.24, 2.45) is 0 Å². The number of nitrogens with one attached hydrogen (secondary N) is 2. The number of halogens is 1. The molecule has 184 valence electrons. The topological polar surface area (TPSA) is 105 Å². The van der Waals surface area contributed by atoms with Crippen molar-refractivity contribution >= 4 is 23.5 Å². The monoisotopic (exact) mass is 480 g/mol. The Morgan fingerprint density at radius 1 is 0.943 bits per heavy atom. The molecule has 35 heavy (non-hydrogen) atoms. The third-order valence-electron chi connectivity index (χ3n) is 5.27. The van der Waals surface area contributed by atoms with Crippen molar-refractivity contribution in [1.29, 1.82) is 0 Å². The summed E-state index contributed by atoms with van der Waals surface area (Å²) in [6, 6.07) is 17.2. The molecule has 0 fully saturated rings. The van der Waals surface area contributed by atoms with Crippen LogP contribution in [0.25, 0.3) is 0 Å². The van der Waals surface area contributed by atoms with Crippen molar-refractivity contribution in [3.05, 3.63) is 83.4 Å². The Kier molecular flexibility index (Phi) is 9.53. The second kappa shape index (κ2) is 13.0. The minimum absolute atomic E-state index is 0.0627. The smallest absolute Gasteiger partial charge is 0.240 e. The average Bonchev–Trinajstić information content (AvgIpc) is 3.28. The minimum Gasteiger partial charge on any atom is -0.360 e. The van der Waals surface area contributed by atoms with E-state index in [2.05, 4.69) is 15.8 Å². The highest BCUT2D eigenvalue weighted by atomic mass is 19.1. The van der Waals surface area contributed by atoms with Crippen LogP contribution in [0.15, 0.2) is 65.2 Å². The maximum absolute atomic E-state index is 13.0. The van der Waals surface area contributed by atoms with Gasteiger partial charge in [0.05, 0.1) is 0 Å². The molecule has 1 heterocycles. The first-order valence-electron chi connectivity index (χ1n) is 11.5. The highest BCUT2D eigenvalue weighted by Gasteiger charge is 2.22.